The molecule has 2 N–H and O–H groups in total. The summed E-state index contributed by atoms with van der Waals surface area (Å²) in [5.74, 6) is -0.423. The van der Waals surface area contributed by atoms with Crippen molar-refractivity contribution in [3.63, 3.8) is 0 Å². The van der Waals surface area contributed by atoms with Crippen LogP contribution in [-0.2, 0) is 27.5 Å². The molecule has 0 radical (unpaired) electrons. The number of rotatable bonds is 7. The van der Waals surface area contributed by atoms with Gasteiger partial charge in [-0.3, -0.25) is 10.1 Å². The molecule has 0 aliphatic heterocycles. The van der Waals surface area contributed by atoms with Gasteiger partial charge < -0.3 is 10.1 Å². The third-order valence-electron chi connectivity index (χ3n) is 4.94. The molecule has 36 heavy (non-hydrogen) atoms. The molecule has 0 fully saturated rings. The Bertz CT molecular complexity index is 1360. The molecule has 2 aromatic carbocycles. The van der Waals surface area contributed by atoms with E-state index in [1.54, 1.807) is 45.0 Å². The predicted molar refractivity (Wildman–Crippen MR) is 137 cm³/mol. The first-order valence-corrected chi connectivity index (χ1v) is 13.2. The van der Waals surface area contributed by atoms with Crippen LogP contribution in [0, 0.1) is 6.92 Å². The predicted octanol–water partition coefficient (Wildman–Crippen LogP) is 4.06. The van der Waals surface area contributed by atoms with Gasteiger partial charge in [0.2, 0.25) is 15.0 Å². The molecule has 0 saturated carbocycles. The van der Waals surface area contributed by atoms with Gasteiger partial charge in [-0.15, -0.1) is 0 Å². The summed E-state index contributed by atoms with van der Waals surface area (Å²) in [6.07, 6.45) is 1.78. The summed E-state index contributed by atoms with van der Waals surface area (Å²) in [5, 5.41) is 5.14. The largest absolute Gasteiger partial charge is 0.444 e. The summed E-state index contributed by atoms with van der Waals surface area (Å²) in [7, 11) is -3.69. The lowest BCUT2D eigenvalue weighted by Crippen LogP contribution is -2.27. The molecule has 3 rings (SSSR count). The molecule has 0 spiro atoms. The van der Waals surface area contributed by atoms with Crippen LogP contribution in [0.1, 0.15) is 53.5 Å². The minimum atomic E-state index is -3.69. The summed E-state index contributed by atoms with van der Waals surface area (Å²) in [6.45, 7) is 7.57. The summed E-state index contributed by atoms with van der Waals surface area (Å²) in [5.41, 5.74) is 3.00. The number of amides is 2. The fourth-order valence-corrected chi connectivity index (χ4v) is 3.78. The Labute approximate surface area is 211 Å². The van der Waals surface area contributed by atoms with Crippen LogP contribution >= 0.6 is 0 Å². The first-order valence-electron chi connectivity index (χ1n) is 11.3. The van der Waals surface area contributed by atoms with Crippen LogP contribution in [0.2, 0.25) is 0 Å². The SMILES string of the molecule is Cc1ccc(CNC(=O)c2cnc(S(C)(=O)=O)nc2Cc2cccc(NC(=O)OC(C)(C)C)c2)cc1. The maximum Gasteiger partial charge on any atom is 0.412 e. The van der Waals surface area contributed by atoms with Gasteiger partial charge in [0.1, 0.15) is 5.60 Å². The second kappa shape index (κ2) is 10.9. The maximum atomic E-state index is 13.0. The quantitative estimate of drug-likeness (QED) is 0.459. The van der Waals surface area contributed by atoms with Crippen molar-refractivity contribution >= 4 is 27.5 Å². The number of aromatic nitrogens is 2. The molecule has 1 heterocycles. The fraction of sp³-hybridized carbons (Fsp3) is 0.308. The van der Waals surface area contributed by atoms with Crippen LogP contribution in [0.15, 0.2) is 59.9 Å². The van der Waals surface area contributed by atoms with Crippen LogP contribution in [-0.4, -0.2) is 42.2 Å². The number of carbonyl (C=O) groups excluding carboxylic acids is 2. The highest BCUT2D eigenvalue weighted by atomic mass is 32.2. The first-order chi connectivity index (χ1) is 16.8. The van der Waals surface area contributed by atoms with E-state index in [1.807, 2.05) is 31.2 Å². The lowest BCUT2D eigenvalue weighted by molar-refractivity contribution is 0.0635. The molecule has 2 amide bonds. The van der Waals surface area contributed by atoms with Crippen molar-refractivity contribution in [3.05, 3.63) is 82.7 Å². The van der Waals surface area contributed by atoms with Crippen molar-refractivity contribution in [2.45, 2.75) is 51.4 Å². The molecule has 0 unspecified atom stereocenters. The standard InChI is InChI=1S/C26H30N4O5S/c1-17-9-11-18(12-10-17)15-27-23(31)21-16-28-24(36(5,33)34)30-22(21)14-19-7-6-8-20(13-19)29-25(32)35-26(2,3)4/h6-13,16H,14-15H2,1-5H3,(H,27,31)(H,29,32). The Kier molecular flexibility index (Phi) is 8.09. The zero-order valence-electron chi connectivity index (χ0n) is 21.0. The first kappa shape index (κ1) is 26.8. The lowest BCUT2D eigenvalue weighted by atomic mass is 10.0. The van der Waals surface area contributed by atoms with E-state index in [2.05, 4.69) is 20.6 Å². The number of aryl methyl sites for hydroxylation is 1. The van der Waals surface area contributed by atoms with E-state index >= 15 is 0 Å². The van der Waals surface area contributed by atoms with Gasteiger partial charge in [0.25, 0.3) is 5.91 Å². The summed E-state index contributed by atoms with van der Waals surface area (Å²) in [4.78, 5) is 33.2. The monoisotopic (exact) mass is 510 g/mol. The molecule has 9 nitrogen and oxygen atoms in total. The third-order valence-corrected chi connectivity index (χ3v) is 5.80. The summed E-state index contributed by atoms with van der Waals surface area (Å²) in [6, 6.07) is 14.7. The topological polar surface area (TPSA) is 127 Å². The molecule has 10 heteroatoms. The number of benzene rings is 2. The number of nitrogens with zero attached hydrogens (tertiary/aromatic N) is 2. The van der Waals surface area contributed by atoms with E-state index in [4.69, 9.17) is 4.74 Å². The normalized spacial score (nSPS) is 11.6. The van der Waals surface area contributed by atoms with Gasteiger partial charge >= 0.3 is 6.09 Å². The van der Waals surface area contributed by atoms with Crippen molar-refractivity contribution < 1.29 is 22.7 Å². The number of sulfone groups is 1. The Balaban J connectivity index is 1.85. The van der Waals surface area contributed by atoms with Gasteiger partial charge in [0.05, 0.1) is 11.3 Å². The van der Waals surface area contributed by atoms with Crippen molar-refractivity contribution in [3.8, 4) is 0 Å². The fourth-order valence-electron chi connectivity index (χ4n) is 3.26. The van der Waals surface area contributed by atoms with E-state index in [0.717, 1.165) is 17.4 Å². The highest BCUT2D eigenvalue weighted by Crippen LogP contribution is 2.19. The number of hydrogen-bond donors (Lipinski definition) is 2. The minimum absolute atomic E-state index is 0.141. The second-order valence-corrected chi connectivity index (χ2v) is 11.4. The van der Waals surface area contributed by atoms with E-state index in [9.17, 15) is 18.0 Å². The van der Waals surface area contributed by atoms with Crippen molar-refractivity contribution in [2.75, 3.05) is 11.6 Å². The lowest BCUT2D eigenvalue weighted by Gasteiger charge is -2.19. The Morgan fingerprint density at radius 3 is 2.36 bits per heavy atom. The Morgan fingerprint density at radius 2 is 1.72 bits per heavy atom. The average Bonchev–Trinajstić information content (AvgIpc) is 2.77. The Morgan fingerprint density at radius 1 is 1.03 bits per heavy atom. The maximum absolute atomic E-state index is 13.0. The molecule has 190 valence electrons. The van der Waals surface area contributed by atoms with E-state index < -0.39 is 27.4 Å². The minimum Gasteiger partial charge on any atom is -0.444 e. The molecule has 3 aromatic rings. The summed E-state index contributed by atoms with van der Waals surface area (Å²) < 4.78 is 29.4. The van der Waals surface area contributed by atoms with Crippen LogP contribution in [0.25, 0.3) is 0 Å². The number of anilines is 1. The highest BCUT2D eigenvalue weighted by Gasteiger charge is 2.20. The van der Waals surface area contributed by atoms with E-state index in [-0.39, 0.29) is 22.8 Å². The van der Waals surface area contributed by atoms with Gasteiger partial charge in [-0.05, 0) is 51.0 Å². The molecule has 0 saturated heterocycles. The van der Waals surface area contributed by atoms with Gasteiger partial charge in [-0.1, -0.05) is 42.0 Å². The zero-order chi connectivity index (χ0) is 26.5. The van der Waals surface area contributed by atoms with Crippen molar-refractivity contribution in [1.82, 2.24) is 15.3 Å². The van der Waals surface area contributed by atoms with Gasteiger partial charge in [-0.2, -0.15) is 0 Å². The number of ether oxygens (including phenoxy) is 1. The zero-order valence-corrected chi connectivity index (χ0v) is 21.8. The smallest absolute Gasteiger partial charge is 0.412 e. The van der Waals surface area contributed by atoms with Crippen LogP contribution in [0.5, 0.6) is 0 Å². The molecule has 0 aliphatic carbocycles. The average molecular weight is 511 g/mol. The van der Waals surface area contributed by atoms with E-state index in [1.165, 1.54) is 6.20 Å². The van der Waals surface area contributed by atoms with Crippen LogP contribution in [0.3, 0.4) is 0 Å². The van der Waals surface area contributed by atoms with Crippen LogP contribution < -0.4 is 10.6 Å². The molecule has 0 bridgehead atoms. The van der Waals surface area contributed by atoms with Gasteiger partial charge in [-0.25, -0.2) is 23.2 Å². The number of nitrogens with one attached hydrogen (secondary N) is 2. The van der Waals surface area contributed by atoms with Crippen molar-refractivity contribution in [2.24, 2.45) is 0 Å². The van der Waals surface area contributed by atoms with Gasteiger partial charge in [0, 0.05) is 31.1 Å². The Hall–Kier alpha value is -3.79. The molecule has 0 aliphatic rings. The van der Waals surface area contributed by atoms with Gasteiger partial charge in [0.15, 0.2) is 0 Å². The molecule has 0 atom stereocenters. The van der Waals surface area contributed by atoms with Crippen molar-refractivity contribution in [1.29, 1.82) is 0 Å². The number of carbonyl (C=O) groups is 2. The van der Waals surface area contributed by atoms with E-state index in [0.29, 0.717) is 17.8 Å². The number of hydrogen-bond acceptors (Lipinski definition) is 7. The molecular weight excluding hydrogens is 480 g/mol. The van der Waals surface area contributed by atoms with Crippen LogP contribution in [0.4, 0.5) is 10.5 Å². The highest BCUT2D eigenvalue weighted by molar-refractivity contribution is 7.90. The molecule has 1 aromatic heterocycles. The second-order valence-electron chi connectivity index (χ2n) is 9.46. The third kappa shape index (κ3) is 7.88. The summed E-state index contributed by atoms with van der Waals surface area (Å²) >= 11 is 0. The molecular formula is C26H30N4O5S.